The maximum Gasteiger partial charge on any atom is 0.129 e. The first-order valence-corrected chi connectivity index (χ1v) is 5.92. The van der Waals surface area contributed by atoms with E-state index >= 15 is 0 Å². The second-order valence-corrected chi connectivity index (χ2v) is 4.67. The number of anilines is 1. The van der Waals surface area contributed by atoms with Crippen LogP contribution in [0.5, 0.6) is 0 Å². The zero-order valence-electron chi connectivity index (χ0n) is 8.90. The van der Waals surface area contributed by atoms with Gasteiger partial charge in [-0.2, -0.15) is 0 Å². The Kier molecular flexibility index (Phi) is 2.71. The predicted molar refractivity (Wildman–Crippen MR) is 63.0 cm³/mol. The molecular weight excluding hydrogens is 226 g/mol. The van der Waals surface area contributed by atoms with Crippen molar-refractivity contribution >= 4 is 17.3 Å². The minimum Gasteiger partial charge on any atom is -0.369 e. The van der Waals surface area contributed by atoms with Crippen LogP contribution in [0.25, 0.3) is 0 Å². The molecule has 0 aliphatic carbocycles. The third kappa shape index (κ3) is 2.00. The van der Waals surface area contributed by atoms with Crippen molar-refractivity contribution in [1.29, 1.82) is 0 Å². The Morgan fingerprint density at radius 2 is 2.06 bits per heavy atom. The van der Waals surface area contributed by atoms with E-state index in [2.05, 4.69) is 15.2 Å². The Hall–Kier alpha value is -0.840. The average molecular weight is 240 g/mol. The number of nitrogens with zero attached hydrogens (tertiary/aromatic N) is 2. The van der Waals surface area contributed by atoms with E-state index in [0.717, 1.165) is 31.9 Å². The summed E-state index contributed by atoms with van der Waals surface area (Å²) in [6.07, 6.45) is 2.42. The molecule has 0 spiro atoms. The SMILES string of the molecule is Clc1ccc(N2CC3CNCC(C2)O3)cn1. The molecule has 2 unspecified atom stereocenters. The standard InChI is InChI=1S/C11H14ClN3O/c12-11-2-1-8(3-14-11)15-6-9-4-13-5-10(7-15)16-9/h1-3,9-10,13H,4-7H2. The molecule has 0 amide bonds. The Morgan fingerprint density at radius 3 is 2.69 bits per heavy atom. The highest BCUT2D eigenvalue weighted by molar-refractivity contribution is 6.29. The van der Waals surface area contributed by atoms with Crippen molar-refractivity contribution in [3.63, 3.8) is 0 Å². The molecule has 5 heteroatoms. The van der Waals surface area contributed by atoms with Crippen molar-refractivity contribution in [2.75, 3.05) is 31.1 Å². The van der Waals surface area contributed by atoms with Crippen LogP contribution < -0.4 is 10.2 Å². The lowest BCUT2D eigenvalue weighted by Gasteiger charge is -2.42. The summed E-state index contributed by atoms with van der Waals surface area (Å²) in [7, 11) is 0. The molecule has 2 bridgehead atoms. The molecule has 86 valence electrons. The fourth-order valence-corrected chi connectivity index (χ4v) is 2.43. The number of halogens is 1. The quantitative estimate of drug-likeness (QED) is 0.740. The third-order valence-electron chi connectivity index (χ3n) is 3.05. The highest BCUT2D eigenvalue weighted by atomic mass is 35.5. The second-order valence-electron chi connectivity index (χ2n) is 4.28. The number of hydrogen-bond donors (Lipinski definition) is 1. The minimum atomic E-state index is 0.295. The fraction of sp³-hybridized carbons (Fsp3) is 0.545. The van der Waals surface area contributed by atoms with Gasteiger partial charge in [-0.05, 0) is 12.1 Å². The summed E-state index contributed by atoms with van der Waals surface area (Å²) in [6, 6.07) is 3.85. The van der Waals surface area contributed by atoms with E-state index in [1.54, 1.807) is 0 Å². The topological polar surface area (TPSA) is 37.4 Å². The number of fused-ring (bicyclic) bond motifs is 2. The van der Waals surface area contributed by atoms with E-state index in [9.17, 15) is 0 Å². The average Bonchev–Trinajstić information content (AvgIpc) is 2.29. The second kappa shape index (κ2) is 4.20. The van der Waals surface area contributed by atoms with Gasteiger partial charge >= 0.3 is 0 Å². The monoisotopic (exact) mass is 239 g/mol. The molecule has 2 atom stereocenters. The molecule has 1 aromatic heterocycles. The van der Waals surface area contributed by atoms with Crippen LogP contribution in [0, 0.1) is 0 Å². The van der Waals surface area contributed by atoms with Gasteiger partial charge < -0.3 is 15.0 Å². The lowest BCUT2D eigenvalue weighted by Crippen LogP contribution is -2.58. The molecule has 3 heterocycles. The van der Waals surface area contributed by atoms with Gasteiger partial charge in [0.25, 0.3) is 0 Å². The minimum absolute atomic E-state index is 0.295. The Bertz CT molecular complexity index is 358. The van der Waals surface area contributed by atoms with Crippen molar-refractivity contribution in [2.45, 2.75) is 12.2 Å². The molecule has 3 rings (SSSR count). The van der Waals surface area contributed by atoms with E-state index < -0.39 is 0 Å². The van der Waals surface area contributed by atoms with E-state index in [0.29, 0.717) is 17.4 Å². The van der Waals surface area contributed by atoms with Crippen LogP contribution in [0.3, 0.4) is 0 Å². The van der Waals surface area contributed by atoms with Crippen LogP contribution >= 0.6 is 11.6 Å². The Labute approximate surface area is 99.6 Å². The molecular formula is C11H14ClN3O. The van der Waals surface area contributed by atoms with Crippen LogP contribution in [0.15, 0.2) is 18.3 Å². The molecule has 0 radical (unpaired) electrons. The van der Waals surface area contributed by atoms with Gasteiger partial charge in [0, 0.05) is 26.2 Å². The first kappa shape index (κ1) is 10.3. The van der Waals surface area contributed by atoms with Crippen molar-refractivity contribution < 1.29 is 4.74 Å². The number of morpholine rings is 2. The third-order valence-corrected chi connectivity index (χ3v) is 3.28. The molecule has 2 fully saturated rings. The van der Waals surface area contributed by atoms with Crippen LogP contribution in [0.1, 0.15) is 0 Å². The van der Waals surface area contributed by atoms with Crippen molar-refractivity contribution in [3.05, 3.63) is 23.5 Å². The predicted octanol–water partition coefficient (Wildman–Crippen LogP) is 0.912. The highest BCUT2D eigenvalue weighted by Crippen LogP contribution is 2.21. The van der Waals surface area contributed by atoms with Crippen molar-refractivity contribution in [3.8, 4) is 0 Å². The zero-order chi connectivity index (χ0) is 11.0. The van der Waals surface area contributed by atoms with Crippen LogP contribution in [-0.4, -0.2) is 43.4 Å². The van der Waals surface area contributed by atoms with Gasteiger partial charge in [-0.3, -0.25) is 0 Å². The lowest BCUT2D eigenvalue weighted by atomic mass is 10.1. The molecule has 2 aliphatic heterocycles. The normalized spacial score (nSPS) is 29.2. The molecule has 2 aliphatic rings. The van der Waals surface area contributed by atoms with Gasteiger partial charge in [-0.25, -0.2) is 4.98 Å². The fourth-order valence-electron chi connectivity index (χ4n) is 2.32. The maximum absolute atomic E-state index is 5.85. The van der Waals surface area contributed by atoms with E-state index in [-0.39, 0.29) is 0 Å². The number of aromatic nitrogens is 1. The number of ether oxygens (including phenoxy) is 1. The van der Waals surface area contributed by atoms with Crippen LogP contribution in [-0.2, 0) is 4.74 Å². The van der Waals surface area contributed by atoms with E-state index in [4.69, 9.17) is 16.3 Å². The first-order chi connectivity index (χ1) is 7.81. The largest absolute Gasteiger partial charge is 0.369 e. The summed E-state index contributed by atoms with van der Waals surface area (Å²) in [6.45, 7) is 3.72. The molecule has 1 aromatic rings. The van der Waals surface area contributed by atoms with Crippen LogP contribution in [0.2, 0.25) is 5.15 Å². The van der Waals surface area contributed by atoms with Gasteiger partial charge in [0.05, 0.1) is 24.1 Å². The summed E-state index contributed by atoms with van der Waals surface area (Å²) in [5, 5.41) is 3.92. The summed E-state index contributed by atoms with van der Waals surface area (Å²) in [4.78, 5) is 6.44. The summed E-state index contributed by atoms with van der Waals surface area (Å²) < 4.78 is 5.85. The molecule has 16 heavy (non-hydrogen) atoms. The molecule has 0 aromatic carbocycles. The summed E-state index contributed by atoms with van der Waals surface area (Å²) in [5.74, 6) is 0. The number of pyridine rings is 1. The van der Waals surface area contributed by atoms with Gasteiger partial charge in [0.15, 0.2) is 0 Å². The summed E-state index contributed by atoms with van der Waals surface area (Å²) in [5.41, 5.74) is 1.13. The van der Waals surface area contributed by atoms with E-state index in [1.165, 1.54) is 0 Å². The Morgan fingerprint density at radius 1 is 1.31 bits per heavy atom. The number of hydrogen-bond acceptors (Lipinski definition) is 4. The van der Waals surface area contributed by atoms with Crippen molar-refractivity contribution in [1.82, 2.24) is 10.3 Å². The first-order valence-electron chi connectivity index (χ1n) is 5.54. The number of nitrogens with one attached hydrogen (secondary N) is 1. The molecule has 0 saturated carbocycles. The Balaban J connectivity index is 1.77. The molecule has 1 N–H and O–H groups in total. The zero-order valence-corrected chi connectivity index (χ0v) is 9.65. The lowest BCUT2D eigenvalue weighted by molar-refractivity contribution is -0.0484. The molecule has 2 saturated heterocycles. The molecule has 4 nitrogen and oxygen atoms in total. The summed E-state index contributed by atoms with van der Waals surface area (Å²) >= 11 is 5.78. The number of rotatable bonds is 1. The van der Waals surface area contributed by atoms with Gasteiger partial charge in [0.1, 0.15) is 5.15 Å². The van der Waals surface area contributed by atoms with E-state index in [1.807, 2.05) is 18.3 Å². The van der Waals surface area contributed by atoms with Crippen LogP contribution in [0.4, 0.5) is 5.69 Å². The van der Waals surface area contributed by atoms with Gasteiger partial charge in [-0.15, -0.1) is 0 Å². The van der Waals surface area contributed by atoms with Crippen molar-refractivity contribution in [2.24, 2.45) is 0 Å². The van der Waals surface area contributed by atoms with Gasteiger partial charge in [0.2, 0.25) is 0 Å². The van der Waals surface area contributed by atoms with Gasteiger partial charge in [-0.1, -0.05) is 11.6 Å². The highest BCUT2D eigenvalue weighted by Gasteiger charge is 2.31. The maximum atomic E-state index is 5.85. The smallest absolute Gasteiger partial charge is 0.129 e.